The second-order valence-electron chi connectivity index (χ2n) is 7.26. The summed E-state index contributed by atoms with van der Waals surface area (Å²) in [5.41, 5.74) is 0.0878. The zero-order valence-electron chi connectivity index (χ0n) is 15.8. The molecule has 4 rings (SSSR count). The fraction of sp³-hybridized carbons (Fsp3) is 0.400. The number of nitrogens with one attached hydrogen (secondary N) is 1. The largest absolute Gasteiger partial charge is 0.352 e. The third-order valence-corrected chi connectivity index (χ3v) is 5.33. The van der Waals surface area contributed by atoms with Gasteiger partial charge in [-0.3, -0.25) is 18.7 Å². The van der Waals surface area contributed by atoms with Crippen LogP contribution in [0.4, 0.5) is 0 Å². The average Bonchev–Trinajstić information content (AvgIpc) is 3.16. The average molecular weight is 381 g/mol. The molecule has 8 heteroatoms. The molecule has 0 aliphatic heterocycles. The number of amides is 1. The number of hydrogen-bond acceptors (Lipinski definition) is 4. The van der Waals surface area contributed by atoms with Gasteiger partial charge in [-0.25, -0.2) is 9.48 Å². The van der Waals surface area contributed by atoms with Crippen molar-refractivity contribution in [2.24, 2.45) is 7.05 Å². The van der Waals surface area contributed by atoms with Crippen molar-refractivity contribution in [1.29, 1.82) is 0 Å². The maximum absolute atomic E-state index is 12.8. The molecule has 0 unspecified atom stereocenters. The van der Waals surface area contributed by atoms with Crippen LogP contribution in [-0.2, 0) is 18.4 Å². The molecule has 1 N–H and O–H groups in total. The molecule has 0 saturated heterocycles. The van der Waals surface area contributed by atoms with E-state index in [1.165, 1.54) is 28.9 Å². The Morgan fingerprint density at radius 3 is 2.57 bits per heavy atom. The minimum absolute atomic E-state index is 0.152. The fourth-order valence-electron chi connectivity index (χ4n) is 3.86. The van der Waals surface area contributed by atoms with E-state index in [1.807, 2.05) is 30.3 Å². The number of aromatic nitrogens is 4. The van der Waals surface area contributed by atoms with Crippen molar-refractivity contribution in [2.45, 2.75) is 44.7 Å². The Hall–Kier alpha value is -3.16. The lowest BCUT2D eigenvalue weighted by Gasteiger charge is -2.23. The summed E-state index contributed by atoms with van der Waals surface area (Å²) in [6.07, 6.45) is 6.78. The maximum atomic E-state index is 12.8. The summed E-state index contributed by atoms with van der Waals surface area (Å²) in [4.78, 5) is 38.0. The lowest BCUT2D eigenvalue weighted by molar-refractivity contribution is -0.122. The van der Waals surface area contributed by atoms with E-state index in [4.69, 9.17) is 0 Å². The van der Waals surface area contributed by atoms with Crippen LogP contribution in [0, 0.1) is 0 Å². The van der Waals surface area contributed by atoms with Gasteiger partial charge in [0, 0.05) is 13.1 Å². The van der Waals surface area contributed by atoms with Gasteiger partial charge in [0.25, 0.3) is 5.56 Å². The maximum Gasteiger partial charge on any atom is 0.332 e. The first-order valence-electron chi connectivity index (χ1n) is 9.58. The van der Waals surface area contributed by atoms with Crippen LogP contribution in [0.15, 0.2) is 46.1 Å². The van der Waals surface area contributed by atoms with Crippen LogP contribution < -0.4 is 16.6 Å². The molecule has 8 nitrogen and oxygen atoms in total. The highest BCUT2D eigenvalue weighted by atomic mass is 16.2. The molecule has 0 atom stereocenters. The first-order valence-corrected chi connectivity index (χ1v) is 9.58. The van der Waals surface area contributed by atoms with Crippen LogP contribution >= 0.6 is 0 Å². The van der Waals surface area contributed by atoms with Gasteiger partial charge >= 0.3 is 5.69 Å². The fourth-order valence-corrected chi connectivity index (χ4v) is 3.86. The molecule has 0 spiro atoms. The molecule has 1 aliphatic carbocycles. The van der Waals surface area contributed by atoms with Crippen LogP contribution in [0.25, 0.3) is 16.7 Å². The molecule has 1 amide bonds. The molecule has 2 aromatic heterocycles. The predicted molar refractivity (Wildman–Crippen MR) is 106 cm³/mol. The number of carbonyl (C=O) groups excluding carboxylic acids is 1. The quantitative estimate of drug-likeness (QED) is 0.738. The number of nitrogens with zero attached hydrogens (tertiary/aromatic N) is 4. The zero-order valence-corrected chi connectivity index (χ0v) is 15.8. The van der Waals surface area contributed by atoms with E-state index in [2.05, 4.69) is 10.4 Å². The van der Waals surface area contributed by atoms with Crippen molar-refractivity contribution in [1.82, 2.24) is 24.2 Å². The molecule has 2 heterocycles. The Labute approximate surface area is 161 Å². The van der Waals surface area contributed by atoms with E-state index in [-0.39, 0.29) is 18.5 Å². The van der Waals surface area contributed by atoms with Gasteiger partial charge < -0.3 is 5.32 Å². The van der Waals surface area contributed by atoms with E-state index in [9.17, 15) is 14.4 Å². The van der Waals surface area contributed by atoms with Gasteiger partial charge in [0.15, 0.2) is 5.65 Å². The van der Waals surface area contributed by atoms with Crippen molar-refractivity contribution in [2.75, 3.05) is 0 Å². The van der Waals surface area contributed by atoms with Crippen molar-refractivity contribution in [3.05, 3.63) is 57.4 Å². The number of carbonyl (C=O) groups is 1. The lowest BCUT2D eigenvalue weighted by Crippen LogP contribution is -2.44. The molecule has 1 saturated carbocycles. The first kappa shape index (κ1) is 18.2. The van der Waals surface area contributed by atoms with Gasteiger partial charge in [-0.15, -0.1) is 0 Å². The summed E-state index contributed by atoms with van der Waals surface area (Å²) in [6.45, 7) is -0.154. The SMILES string of the molecule is Cn1c(=O)c2cnn(-c3ccccc3)c2n(CC(=O)NC2CCCCC2)c1=O. The summed E-state index contributed by atoms with van der Waals surface area (Å²) in [6, 6.07) is 9.39. The summed E-state index contributed by atoms with van der Waals surface area (Å²) in [5.74, 6) is -0.227. The minimum atomic E-state index is -0.533. The van der Waals surface area contributed by atoms with E-state index in [0.717, 1.165) is 30.3 Å². The van der Waals surface area contributed by atoms with Crippen LogP contribution in [-0.4, -0.2) is 30.9 Å². The van der Waals surface area contributed by atoms with Gasteiger partial charge in [-0.1, -0.05) is 37.5 Å². The van der Waals surface area contributed by atoms with Gasteiger partial charge in [0.1, 0.15) is 11.9 Å². The van der Waals surface area contributed by atoms with E-state index < -0.39 is 11.2 Å². The molecular weight excluding hydrogens is 358 g/mol. The second-order valence-corrected chi connectivity index (χ2v) is 7.26. The van der Waals surface area contributed by atoms with Crippen LogP contribution in [0.3, 0.4) is 0 Å². The van der Waals surface area contributed by atoms with Crippen LogP contribution in [0.5, 0.6) is 0 Å². The number of fused-ring (bicyclic) bond motifs is 1. The van der Waals surface area contributed by atoms with Crippen molar-refractivity contribution in [3.8, 4) is 5.69 Å². The summed E-state index contributed by atoms with van der Waals surface area (Å²) < 4.78 is 3.88. The van der Waals surface area contributed by atoms with Gasteiger partial charge in [0.2, 0.25) is 5.91 Å². The Morgan fingerprint density at radius 1 is 1.14 bits per heavy atom. The molecule has 3 aromatic rings. The minimum Gasteiger partial charge on any atom is -0.352 e. The van der Waals surface area contributed by atoms with Gasteiger partial charge in [0.05, 0.1) is 11.9 Å². The van der Waals surface area contributed by atoms with Crippen LogP contribution in [0.2, 0.25) is 0 Å². The number of benzene rings is 1. The second kappa shape index (κ2) is 7.46. The predicted octanol–water partition coefficient (Wildman–Crippen LogP) is 1.33. The van der Waals surface area contributed by atoms with Crippen molar-refractivity contribution < 1.29 is 4.79 Å². The Bertz CT molecular complexity index is 1120. The molecule has 0 bridgehead atoms. The summed E-state index contributed by atoms with van der Waals surface area (Å²) >= 11 is 0. The highest BCUT2D eigenvalue weighted by molar-refractivity contribution is 5.80. The highest BCUT2D eigenvalue weighted by Crippen LogP contribution is 2.18. The smallest absolute Gasteiger partial charge is 0.332 e. The van der Waals surface area contributed by atoms with Gasteiger partial charge in [-0.05, 0) is 25.0 Å². The van der Waals surface area contributed by atoms with Crippen molar-refractivity contribution >= 4 is 16.9 Å². The zero-order chi connectivity index (χ0) is 19.7. The Morgan fingerprint density at radius 2 is 1.86 bits per heavy atom. The standard InChI is InChI=1S/C20H23N5O3/c1-23-19(27)16-12-21-25(15-10-6-3-7-11-15)18(16)24(20(23)28)13-17(26)22-14-8-4-2-5-9-14/h3,6-7,10-12,14H,2,4-5,8-9,13H2,1H3,(H,22,26). The number of para-hydroxylation sites is 1. The van der Waals surface area contributed by atoms with Gasteiger partial charge in [-0.2, -0.15) is 5.10 Å². The Kier molecular flexibility index (Phi) is 4.85. The summed E-state index contributed by atoms with van der Waals surface area (Å²) in [7, 11) is 1.42. The molecule has 146 valence electrons. The molecule has 28 heavy (non-hydrogen) atoms. The Balaban J connectivity index is 1.78. The topological polar surface area (TPSA) is 90.9 Å². The van der Waals surface area contributed by atoms with Crippen molar-refractivity contribution in [3.63, 3.8) is 0 Å². The van der Waals surface area contributed by atoms with E-state index in [1.54, 1.807) is 0 Å². The third-order valence-electron chi connectivity index (χ3n) is 5.33. The molecule has 1 aromatic carbocycles. The third kappa shape index (κ3) is 3.26. The molecule has 1 fully saturated rings. The number of hydrogen-bond donors (Lipinski definition) is 1. The molecular formula is C20H23N5O3. The normalized spacial score (nSPS) is 15.0. The molecule has 1 aliphatic rings. The van der Waals surface area contributed by atoms with Crippen LogP contribution in [0.1, 0.15) is 32.1 Å². The van der Waals surface area contributed by atoms with E-state index >= 15 is 0 Å². The highest BCUT2D eigenvalue weighted by Gasteiger charge is 2.21. The molecule has 0 radical (unpaired) electrons. The van der Waals surface area contributed by atoms with E-state index in [0.29, 0.717) is 16.7 Å². The number of rotatable bonds is 4. The first-order chi connectivity index (χ1) is 13.6. The summed E-state index contributed by atoms with van der Waals surface area (Å²) in [5, 5.41) is 7.64. The lowest BCUT2D eigenvalue weighted by atomic mass is 9.95. The monoisotopic (exact) mass is 381 g/mol.